The molecule has 1 amide bonds. The topological polar surface area (TPSA) is 75.4 Å². The minimum Gasteiger partial charge on any atom is -0.465 e. The first-order valence-corrected chi connectivity index (χ1v) is 9.33. The Balaban J connectivity index is 2.43. The van der Waals surface area contributed by atoms with Gasteiger partial charge in [-0.2, -0.15) is 0 Å². The van der Waals surface area contributed by atoms with Crippen LogP contribution >= 0.6 is 0 Å². The van der Waals surface area contributed by atoms with E-state index in [9.17, 15) is 19.1 Å². The number of nitrogens with zero attached hydrogens (tertiary/aromatic N) is 3. The van der Waals surface area contributed by atoms with Gasteiger partial charge < -0.3 is 5.11 Å². The molecular weight excluding hydrogens is 373 g/mol. The molecule has 0 spiro atoms. The van der Waals surface area contributed by atoms with Crippen LogP contribution in [0.25, 0.3) is 16.6 Å². The molecule has 0 saturated heterocycles. The molecule has 3 aromatic rings. The number of rotatable bonds is 3. The van der Waals surface area contributed by atoms with Crippen molar-refractivity contribution in [1.29, 1.82) is 0 Å². The van der Waals surface area contributed by atoms with E-state index < -0.39 is 29.1 Å². The molecule has 1 aromatic heterocycles. The minimum atomic E-state index is -1.15. The summed E-state index contributed by atoms with van der Waals surface area (Å²) in [6, 6.07) is 10.8. The largest absolute Gasteiger partial charge is 0.465 e. The molecule has 1 heterocycles. The van der Waals surface area contributed by atoms with Gasteiger partial charge in [0.25, 0.3) is 5.56 Å². The first-order chi connectivity index (χ1) is 13.5. The Morgan fingerprint density at radius 2 is 1.79 bits per heavy atom. The van der Waals surface area contributed by atoms with Crippen LogP contribution in [-0.4, -0.2) is 31.2 Å². The van der Waals surface area contributed by atoms with E-state index in [4.69, 9.17) is 0 Å². The molecule has 0 bridgehead atoms. The van der Waals surface area contributed by atoms with Crippen molar-refractivity contribution in [3.05, 3.63) is 70.0 Å². The number of halogens is 1. The number of benzene rings is 2. The third-order valence-electron chi connectivity index (χ3n) is 4.91. The minimum absolute atomic E-state index is 0.0525. The van der Waals surface area contributed by atoms with Gasteiger partial charge in [0.15, 0.2) is 0 Å². The molecule has 29 heavy (non-hydrogen) atoms. The van der Waals surface area contributed by atoms with Gasteiger partial charge in [0, 0.05) is 5.54 Å². The maximum absolute atomic E-state index is 14.6. The van der Waals surface area contributed by atoms with Crippen molar-refractivity contribution in [1.82, 2.24) is 14.5 Å². The van der Waals surface area contributed by atoms with Crippen LogP contribution in [-0.2, 0) is 0 Å². The molecule has 0 aliphatic carbocycles. The van der Waals surface area contributed by atoms with E-state index in [2.05, 4.69) is 4.98 Å². The van der Waals surface area contributed by atoms with Gasteiger partial charge in [-0.25, -0.2) is 14.2 Å². The number of carboxylic acid groups (broad SMARTS) is 1. The van der Waals surface area contributed by atoms with Gasteiger partial charge in [0.1, 0.15) is 17.2 Å². The molecule has 152 valence electrons. The Morgan fingerprint density at radius 3 is 2.34 bits per heavy atom. The van der Waals surface area contributed by atoms with Crippen molar-refractivity contribution in [2.75, 3.05) is 0 Å². The predicted octanol–water partition coefficient (Wildman–Crippen LogP) is 4.67. The number of fused-ring (bicyclic) bond motifs is 1. The average Bonchev–Trinajstić information content (AvgIpc) is 2.63. The third kappa shape index (κ3) is 3.60. The highest BCUT2D eigenvalue weighted by Crippen LogP contribution is 2.29. The number of hydrogen-bond acceptors (Lipinski definition) is 3. The summed E-state index contributed by atoms with van der Waals surface area (Å²) >= 11 is 0. The quantitative estimate of drug-likeness (QED) is 0.697. The lowest BCUT2D eigenvalue weighted by molar-refractivity contribution is 0.0719. The summed E-state index contributed by atoms with van der Waals surface area (Å²) in [4.78, 5) is 31.2. The van der Waals surface area contributed by atoms with E-state index in [1.807, 2.05) is 6.07 Å². The van der Waals surface area contributed by atoms with Gasteiger partial charge in [-0.15, -0.1) is 0 Å². The van der Waals surface area contributed by atoms with Crippen LogP contribution < -0.4 is 5.56 Å². The Hall–Kier alpha value is -3.22. The Bertz CT molecular complexity index is 1130. The molecule has 0 aliphatic rings. The van der Waals surface area contributed by atoms with E-state index >= 15 is 0 Å². The number of carbonyl (C=O) groups is 1. The third-order valence-corrected chi connectivity index (χ3v) is 4.91. The molecule has 0 saturated carbocycles. The highest BCUT2D eigenvalue weighted by Gasteiger charge is 2.34. The normalized spacial score (nSPS) is 12.8. The van der Waals surface area contributed by atoms with E-state index in [-0.39, 0.29) is 16.7 Å². The van der Waals surface area contributed by atoms with E-state index in [0.29, 0.717) is 11.3 Å². The second kappa shape index (κ2) is 7.31. The fourth-order valence-corrected chi connectivity index (χ4v) is 3.68. The van der Waals surface area contributed by atoms with Gasteiger partial charge in [0.05, 0.1) is 17.1 Å². The summed E-state index contributed by atoms with van der Waals surface area (Å²) in [6.45, 7) is 8.65. The number of para-hydroxylation sites is 1. The first-order valence-electron chi connectivity index (χ1n) is 9.33. The van der Waals surface area contributed by atoms with E-state index in [0.717, 1.165) is 0 Å². The van der Waals surface area contributed by atoms with Crippen molar-refractivity contribution in [3.63, 3.8) is 0 Å². The van der Waals surface area contributed by atoms with Crippen LogP contribution in [0.5, 0.6) is 0 Å². The maximum atomic E-state index is 14.6. The Labute approximate surface area is 168 Å². The zero-order chi connectivity index (χ0) is 21.5. The molecule has 7 heteroatoms. The van der Waals surface area contributed by atoms with E-state index in [1.165, 1.54) is 21.6 Å². The standard InChI is InChI=1S/C22H24FN3O3/c1-13-11-12-16(23)18-17(13)20(27)25(15-9-7-6-8-10-15)19(24-18)14(2)26(21(28)29)22(3,4)5/h6-12,14H,1-5H3,(H,28,29). The van der Waals surface area contributed by atoms with Crippen molar-refractivity contribution >= 4 is 17.0 Å². The molecule has 2 aromatic carbocycles. The second-order valence-electron chi connectivity index (χ2n) is 8.03. The summed E-state index contributed by atoms with van der Waals surface area (Å²) in [5.41, 5.74) is -0.0992. The number of aromatic nitrogens is 2. The fraction of sp³-hybridized carbons (Fsp3) is 0.318. The summed E-state index contributed by atoms with van der Waals surface area (Å²) in [6.07, 6.45) is -1.15. The van der Waals surface area contributed by atoms with Gasteiger partial charge >= 0.3 is 6.09 Å². The molecule has 0 fully saturated rings. The van der Waals surface area contributed by atoms with Crippen LogP contribution in [0, 0.1) is 12.7 Å². The van der Waals surface area contributed by atoms with Crippen LogP contribution in [0.1, 0.15) is 45.1 Å². The van der Waals surface area contributed by atoms with Gasteiger partial charge in [-0.05, 0) is 58.4 Å². The Morgan fingerprint density at radius 1 is 1.17 bits per heavy atom. The smallest absolute Gasteiger partial charge is 0.408 e. The van der Waals surface area contributed by atoms with Crippen molar-refractivity contribution in [2.24, 2.45) is 0 Å². The SMILES string of the molecule is Cc1ccc(F)c2nc(C(C)N(C(=O)O)C(C)(C)C)n(-c3ccccc3)c(=O)c12. The first kappa shape index (κ1) is 20.5. The summed E-state index contributed by atoms with van der Waals surface area (Å²) < 4.78 is 16.0. The number of amides is 1. The van der Waals surface area contributed by atoms with Gasteiger partial charge in [-0.3, -0.25) is 14.3 Å². The van der Waals surface area contributed by atoms with Crippen LogP contribution in [0.4, 0.5) is 9.18 Å². The zero-order valence-corrected chi connectivity index (χ0v) is 17.1. The lowest BCUT2D eigenvalue weighted by Gasteiger charge is -2.38. The summed E-state index contributed by atoms with van der Waals surface area (Å²) in [7, 11) is 0. The summed E-state index contributed by atoms with van der Waals surface area (Å²) in [5, 5.41) is 10.0. The molecule has 1 unspecified atom stereocenters. The van der Waals surface area contributed by atoms with Gasteiger partial charge in [0.2, 0.25) is 0 Å². The molecule has 1 N–H and O–H groups in total. The molecule has 3 rings (SSSR count). The van der Waals surface area contributed by atoms with Crippen LogP contribution in [0.15, 0.2) is 47.3 Å². The highest BCUT2D eigenvalue weighted by molar-refractivity contribution is 5.82. The average molecular weight is 397 g/mol. The molecular formula is C22H24FN3O3. The van der Waals surface area contributed by atoms with Crippen molar-refractivity contribution in [2.45, 2.75) is 46.2 Å². The van der Waals surface area contributed by atoms with E-state index in [1.54, 1.807) is 58.9 Å². The Kier molecular flexibility index (Phi) is 5.17. The number of aryl methyl sites for hydroxylation is 1. The lowest BCUT2D eigenvalue weighted by atomic mass is 10.0. The fourth-order valence-electron chi connectivity index (χ4n) is 3.68. The zero-order valence-electron chi connectivity index (χ0n) is 17.1. The summed E-state index contributed by atoms with van der Waals surface area (Å²) in [5.74, 6) is -0.454. The second-order valence-corrected chi connectivity index (χ2v) is 8.03. The van der Waals surface area contributed by atoms with Crippen molar-refractivity contribution in [3.8, 4) is 5.69 Å². The van der Waals surface area contributed by atoms with Crippen molar-refractivity contribution < 1.29 is 14.3 Å². The molecule has 1 atom stereocenters. The van der Waals surface area contributed by atoms with Crippen LogP contribution in [0.3, 0.4) is 0 Å². The maximum Gasteiger partial charge on any atom is 0.408 e. The highest BCUT2D eigenvalue weighted by atomic mass is 19.1. The van der Waals surface area contributed by atoms with Gasteiger partial charge in [-0.1, -0.05) is 24.3 Å². The number of hydrogen-bond donors (Lipinski definition) is 1. The van der Waals surface area contributed by atoms with Crippen LogP contribution in [0.2, 0.25) is 0 Å². The molecule has 0 radical (unpaired) electrons. The molecule has 6 nitrogen and oxygen atoms in total. The lowest BCUT2D eigenvalue weighted by Crippen LogP contribution is -2.47. The monoisotopic (exact) mass is 397 g/mol. The molecule has 0 aliphatic heterocycles. The predicted molar refractivity (Wildman–Crippen MR) is 110 cm³/mol.